The van der Waals surface area contributed by atoms with Gasteiger partial charge in [-0.15, -0.1) is 0 Å². The highest BCUT2D eigenvalue weighted by Crippen LogP contribution is 2.26. The number of amides is 2. The third kappa shape index (κ3) is 6.21. The highest BCUT2D eigenvalue weighted by Gasteiger charge is 2.36. The van der Waals surface area contributed by atoms with E-state index in [1.165, 1.54) is 4.31 Å². The first-order chi connectivity index (χ1) is 15.7. The zero-order chi connectivity index (χ0) is 24.0. The first-order valence-electron chi connectivity index (χ1n) is 11.4. The van der Waals surface area contributed by atoms with Gasteiger partial charge in [-0.3, -0.25) is 9.59 Å². The van der Waals surface area contributed by atoms with Crippen molar-refractivity contribution in [2.24, 2.45) is 5.92 Å². The van der Waals surface area contributed by atoms with Gasteiger partial charge >= 0.3 is 0 Å². The van der Waals surface area contributed by atoms with Crippen molar-refractivity contribution >= 4 is 21.8 Å². The van der Waals surface area contributed by atoms with Gasteiger partial charge < -0.3 is 10.6 Å². The standard InChI is InChI=1S/C25H33N3O4S/c1-4-15-26-25(30)23(27-24(29)21-9-5-18(2)6-10-21)20-13-16-28(17-14-20)33(31,32)22-11-7-19(3)8-12-22/h5-12,20,23H,4,13-17H2,1-3H3,(H,26,30)(H,27,29). The summed E-state index contributed by atoms with van der Waals surface area (Å²) in [5.74, 6) is -0.681. The van der Waals surface area contributed by atoms with Crippen molar-refractivity contribution in [1.29, 1.82) is 0 Å². The quantitative estimate of drug-likeness (QED) is 0.619. The Kier molecular flexibility index (Phi) is 8.26. The lowest BCUT2D eigenvalue weighted by Crippen LogP contribution is -2.53. The van der Waals surface area contributed by atoms with Crippen LogP contribution in [0.25, 0.3) is 0 Å². The summed E-state index contributed by atoms with van der Waals surface area (Å²) < 4.78 is 27.5. The topological polar surface area (TPSA) is 95.6 Å². The van der Waals surface area contributed by atoms with Gasteiger partial charge in [-0.05, 0) is 63.3 Å². The number of sulfonamides is 1. The molecule has 7 nitrogen and oxygen atoms in total. The first-order valence-corrected chi connectivity index (χ1v) is 12.9. The minimum atomic E-state index is -3.59. The summed E-state index contributed by atoms with van der Waals surface area (Å²) in [7, 11) is -3.59. The second-order valence-corrected chi connectivity index (χ2v) is 10.6. The average molecular weight is 472 g/mol. The number of hydrogen-bond donors (Lipinski definition) is 2. The van der Waals surface area contributed by atoms with Gasteiger partial charge in [0, 0.05) is 25.2 Å². The molecule has 2 N–H and O–H groups in total. The summed E-state index contributed by atoms with van der Waals surface area (Å²) in [6.45, 7) is 6.96. The van der Waals surface area contributed by atoms with Gasteiger partial charge in [-0.2, -0.15) is 4.31 Å². The number of nitrogens with zero attached hydrogens (tertiary/aromatic N) is 1. The summed E-state index contributed by atoms with van der Waals surface area (Å²) in [6, 6.07) is 13.3. The molecule has 3 rings (SSSR count). The van der Waals surface area contributed by atoms with E-state index in [0.717, 1.165) is 17.5 Å². The van der Waals surface area contributed by atoms with Gasteiger partial charge in [0.05, 0.1) is 4.90 Å². The molecular formula is C25H33N3O4S. The van der Waals surface area contributed by atoms with E-state index >= 15 is 0 Å². The molecule has 178 valence electrons. The fourth-order valence-electron chi connectivity index (χ4n) is 3.99. The van der Waals surface area contributed by atoms with E-state index < -0.39 is 16.1 Å². The van der Waals surface area contributed by atoms with Crippen molar-refractivity contribution in [3.05, 3.63) is 65.2 Å². The molecule has 1 aliphatic heterocycles. The zero-order valence-corrected chi connectivity index (χ0v) is 20.3. The molecular weight excluding hydrogens is 438 g/mol. The van der Waals surface area contributed by atoms with E-state index in [9.17, 15) is 18.0 Å². The Hall–Kier alpha value is -2.71. The van der Waals surface area contributed by atoms with Gasteiger partial charge in [-0.25, -0.2) is 8.42 Å². The maximum absolute atomic E-state index is 13.0. The van der Waals surface area contributed by atoms with Crippen LogP contribution in [0.4, 0.5) is 0 Å². The Morgan fingerprint density at radius 3 is 2.06 bits per heavy atom. The van der Waals surface area contributed by atoms with E-state index in [4.69, 9.17) is 0 Å². The van der Waals surface area contributed by atoms with E-state index in [1.807, 2.05) is 32.9 Å². The summed E-state index contributed by atoms with van der Waals surface area (Å²) >= 11 is 0. The Labute approximate surface area is 196 Å². The SMILES string of the molecule is CCCNC(=O)C(NC(=O)c1ccc(C)cc1)C1CCN(S(=O)(=O)c2ccc(C)cc2)CC1. The van der Waals surface area contributed by atoms with Crippen molar-refractivity contribution in [2.45, 2.75) is 51.0 Å². The predicted molar refractivity (Wildman–Crippen MR) is 128 cm³/mol. The summed E-state index contributed by atoms with van der Waals surface area (Å²) in [5.41, 5.74) is 2.54. The fourth-order valence-corrected chi connectivity index (χ4v) is 5.46. The molecule has 1 saturated heterocycles. The molecule has 2 amide bonds. The van der Waals surface area contributed by atoms with Crippen LogP contribution < -0.4 is 10.6 Å². The molecule has 2 aromatic carbocycles. The largest absolute Gasteiger partial charge is 0.354 e. The molecule has 2 aromatic rings. The zero-order valence-electron chi connectivity index (χ0n) is 19.5. The van der Waals surface area contributed by atoms with Crippen LogP contribution >= 0.6 is 0 Å². The Morgan fingerprint density at radius 2 is 1.52 bits per heavy atom. The molecule has 0 aliphatic carbocycles. The maximum atomic E-state index is 13.0. The van der Waals surface area contributed by atoms with Crippen molar-refractivity contribution in [1.82, 2.24) is 14.9 Å². The lowest BCUT2D eigenvalue weighted by Gasteiger charge is -2.35. The highest BCUT2D eigenvalue weighted by molar-refractivity contribution is 7.89. The molecule has 0 bridgehead atoms. The van der Waals surface area contributed by atoms with Gasteiger partial charge in [0.25, 0.3) is 5.91 Å². The molecule has 0 saturated carbocycles. The van der Waals surface area contributed by atoms with Crippen molar-refractivity contribution in [3.63, 3.8) is 0 Å². The smallest absolute Gasteiger partial charge is 0.251 e. The van der Waals surface area contributed by atoms with Crippen molar-refractivity contribution in [2.75, 3.05) is 19.6 Å². The van der Waals surface area contributed by atoms with Crippen LogP contribution in [-0.4, -0.2) is 50.2 Å². The lowest BCUT2D eigenvalue weighted by molar-refractivity contribution is -0.124. The Bertz CT molecular complexity index is 1060. The Morgan fingerprint density at radius 1 is 0.970 bits per heavy atom. The molecule has 0 radical (unpaired) electrons. The van der Waals surface area contributed by atoms with Crippen LogP contribution in [0.15, 0.2) is 53.4 Å². The molecule has 1 heterocycles. The van der Waals surface area contributed by atoms with Crippen LogP contribution in [-0.2, 0) is 14.8 Å². The predicted octanol–water partition coefficient (Wildman–Crippen LogP) is 3.03. The molecule has 1 fully saturated rings. The lowest BCUT2D eigenvalue weighted by atomic mass is 9.89. The molecule has 0 spiro atoms. The second kappa shape index (κ2) is 10.9. The number of rotatable bonds is 8. The number of piperidine rings is 1. The van der Waals surface area contributed by atoms with Gasteiger partial charge in [0.1, 0.15) is 6.04 Å². The van der Waals surface area contributed by atoms with Crippen LogP contribution in [0.5, 0.6) is 0 Å². The maximum Gasteiger partial charge on any atom is 0.251 e. The number of hydrogen-bond acceptors (Lipinski definition) is 4. The number of carbonyl (C=O) groups is 2. The summed E-state index contributed by atoms with van der Waals surface area (Å²) in [4.78, 5) is 26.0. The molecule has 1 unspecified atom stereocenters. The minimum absolute atomic E-state index is 0.152. The Balaban J connectivity index is 1.71. The number of benzene rings is 2. The molecule has 33 heavy (non-hydrogen) atoms. The molecule has 1 atom stereocenters. The van der Waals surface area contributed by atoms with E-state index in [2.05, 4.69) is 10.6 Å². The van der Waals surface area contributed by atoms with Crippen molar-refractivity contribution in [3.8, 4) is 0 Å². The van der Waals surface area contributed by atoms with Gasteiger partial charge in [-0.1, -0.05) is 42.3 Å². The number of nitrogens with one attached hydrogen (secondary N) is 2. The first kappa shape index (κ1) is 24.9. The second-order valence-electron chi connectivity index (χ2n) is 8.66. The number of carbonyl (C=O) groups excluding carboxylic acids is 2. The van der Waals surface area contributed by atoms with Crippen LogP contribution in [0.1, 0.15) is 47.7 Å². The van der Waals surface area contributed by atoms with E-state index in [-0.39, 0.29) is 22.6 Å². The monoisotopic (exact) mass is 471 g/mol. The van der Waals surface area contributed by atoms with Gasteiger partial charge in [0.2, 0.25) is 15.9 Å². The number of aryl methyl sites for hydroxylation is 2. The van der Waals surface area contributed by atoms with Crippen molar-refractivity contribution < 1.29 is 18.0 Å². The van der Waals surface area contributed by atoms with Crippen LogP contribution in [0.3, 0.4) is 0 Å². The van der Waals surface area contributed by atoms with Crippen LogP contribution in [0.2, 0.25) is 0 Å². The molecule has 8 heteroatoms. The fraction of sp³-hybridized carbons (Fsp3) is 0.440. The normalized spacial score (nSPS) is 16.2. The van der Waals surface area contributed by atoms with Crippen LogP contribution in [0, 0.1) is 19.8 Å². The van der Waals surface area contributed by atoms with Gasteiger partial charge in [0.15, 0.2) is 0 Å². The third-order valence-corrected chi connectivity index (χ3v) is 7.97. The molecule has 1 aliphatic rings. The summed E-state index contributed by atoms with van der Waals surface area (Å²) in [6.07, 6.45) is 1.77. The van der Waals surface area contributed by atoms with E-state index in [1.54, 1.807) is 36.4 Å². The minimum Gasteiger partial charge on any atom is -0.354 e. The highest BCUT2D eigenvalue weighted by atomic mass is 32.2. The average Bonchev–Trinajstić information content (AvgIpc) is 2.81. The summed E-state index contributed by atoms with van der Waals surface area (Å²) in [5, 5.41) is 5.79. The molecule has 0 aromatic heterocycles. The van der Waals surface area contributed by atoms with E-state index in [0.29, 0.717) is 38.0 Å². The third-order valence-electron chi connectivity index (χ3n) is 6.06.